The van der Waals surface area contributed by atoms with Crippen molar-refractivity contribution in [3.63, 3.8) is 0 Å². The van der Waals surface area contributed by atoms with Gasteiger partial charge in [0, 0.05) is 18.1 Å². The Morgan fingerprint density at radius 2 is 2.14 bits per heavy atom. The van der Waals surface area contributed by atoms with E-state index in [9.17, 15) is 0 Å². The summed E-state index contributed by atoms with van der Waals surface area (Å²) in [6.45, 7) is 3.88. The normalized spacial score (nSPS) is 27.4. The molecule has 0 aromatic carbocycles. The first-order valence-electron chi connectivity index (χ1n) is 7.88. The van der Waals surface area contributed by atoms with Crippen LogP contribution in [0.5, 0.6) is 0 Å². The van der Waals surface area contributed by atoms with Gasteiger partial charge in [-0.25, -0.2) is 0 Å². The summed E-state index contributed by atoms with van der Waals surface area (Å²) in [4.78, 5) is 2.49. The van der Waals surface area contributed by atoms with Gasteiger partial charge in [0.25, 0.3) is 0 Å². The Hall–Kier alpha value is -0.170. The number of aromatic nitrogens is 2. The van der Waals surface area contributed by atoms with Gasteiger partial charge in [-0.05, 0) is 39.5 Å². The van der Waals surface area contributed by atoms with Crippen molar-refractivity contribution in [2.75, 3.05) is 19.9 Å². The van der Waals surface area contributed by atoms with E-state index in [2.05, 4.69) is 35.3 Å². The second-order valence-electron chi connectivity index (χ2n) is 6.22. The molecule has 2 fully saturated rings. The van der Waals surface area contributed by atoms with Gasteiger partial charge in [0.2, 0.25) is 0 Å². The number of rotatable bonds is 6. The Kier molecular flexibility index (Phi) is 4.88. The van der Waals surface area contributed by atoms with Crippen molar-refractivity contribution in [1.82, 2.24) is 15.1 Å². The lowest BCUT2D eigenvalue weighted by molar-refractivity contribution is -0.162. The van der Waals surface area contributed by atoms with E-state index in [0.717, 1.165) is 22.5 Å². The summed E-state index contributed by atoms with van der Waals surface area (Å²) in [5.74, 6) is 0. The van der Waals surface area contributed by atoms with Crippen molar-refractivity contribution >= 4 is 23.1 Å². The maximum Gasteiger partial charge on any atom is 0.174 e. The summed E-state index contributed by atoms with van der Waals surface area (Å²) in [5, 5.41) is 9.65. The predicted molar refractivity (Wildman–Crippen MR) is 87.9 cm³/mol. The van der Waals surface area contributed by atoms with E-state index in [1.165, 1.54) is 32.1 Å². The first kappa shape index (κ1) is 15.7. The zero-order chi connectivity index (χ0) is 14.9. The van der Waals surface area contributed by atoms with Gasteiger partial charge in [-0.15, -0.1) is 10.2 Å². The third-order valence-electron chi connectivity index (χ3n) is 5.18. The van der Waals surface area contributed by atoms with Crippen LogP contribution >= 0.6 is 23.1 Å². The molecule has 1 heterocycles. The van der Waals surface area contributed by atoms with Crippen molar-refractivity contribution in [3.05, 3.63) is 5.01 Å². The highest BCUT2D eigenvalue weighted by Gasteiger charge is 2.57. The Morgan fingerprint density at radius 1 is 1.38 bits per heavy atom. The molecule has 0 bridgehead atoms. The summed E-state index contributed by atoms with van der Waals surface area (Å²) in [6, 6.07) is 0.651. The van der Waals surface area contributed by atoms with Gasteiger partial charge in [0.15, 0.2) is 4.34 Å². The molecule has 2 aliphatic rings. The zero-order valence-corrected chi connectivity index (χ0v) is 14.8. The van der Waals surface area contributed by atoms with Crippen LogP contribution in [-0.4, -0.2) is 47.2 Å². The SMILES string of the molecule is CCO[C@H]1C[C@H](N(C)Cc2nnc(SC)s2)C12CCCC2. The number of ether oxygens (including phenoxy) is 1. The van der Waals surface area contributed by atoms with Crippen LogP contribution in [0, 0.1) is 5.41 Å². The van der Waals surface area contributed by atoms with Gasteiger partial charge in [0.1, 0.15) is 5.01 Å². The van der Waals surface area contributed by atoms with E-state index in [0.29, 0.717) is 17.6 Å². The Labute approximate surface area is 135 Å². The maximum absolute atomic E-state index is 6.01. The average Bonchev–Trinajstić information content (AvgIpc) is 3.12. The van der Waals surface area contributed by atoms with Crippen LogP contribution in [0.15, 0.2) is 4.34 Å². The van der Waals surface area contributed by atoms with E-state index in [1.54, 1.807) is 23.1 Å². The van der Waals surface area contributed by atoms with Crippen LogP contribution in [0.1, 0.15) is 44.0 Å². The molecular weight excluding hydrogens is 302 g/mol. The monoisotopic (exact) mass is 327 g/mol. The molecular formula is C15H25N3OS2. The topological polar surface area (TPSA) is 38.2 Å². The molecule has 0 N–H and O–H groups in total. The fourth-order valence-corrected chi connectivity index (χ4v) is 5.55. The lowest BCUT2D eigenvalue weighted by atomic mass is 9.60. The van der Waals surface area contributed by atoms with Gasteiger partial charge >= 0.3 is 0 Å². The molecule has 0 aliphatic heterocycles. The molecule has 2 atom stereocenters. The third kappa shape index (κ3) is 2.87. The third-order valence-corrected chi connectivity index (χ3v) is 7.07. The van der Waals surface area contributed by atoms with Crippen LogP contribution < -0.4 is 0 Å². The zero-order valence-electron chi connectivity index (χ0n) is 13.2. The summed E-state index contributed by atoms with van der Waals surface area (Å²) in [6.07, 6.45) is 9.11. The van der Waals surface area contributed by atoms with Crippen molar-refractivity contribution in [1.29, 1.82) is 0 Å². The molecule has 1 spiro atoms. The molecule has 1 aromatic rings. The predicted octanol–water partition coefficient (Wildman–Crippen LogP) is 3.43. The van der Waals surface area contributed by atoms with Crippen molar-refractivity contribution < 1.29 is 4.74 Å². The molecule has 2 saturated carbocycles. The molecule has 0 unspecified atom stereocenters. The average molecular weight is 328 g/mol. The van der Waals surface area contributed by atoms with Crippen LogP contribution in [0.2, 0.25) is 0 Å². The molecule has 0 saturated heterocycles. The quantitative estimate of drug-likeness (QED) is 0.748. The van der Waals surface area contributed by atoms with Gasteiger partial charge in [-0.1, -0.05) is 35.9 Å². The minimum atomic E-state index is 0.414. The van der Waals surface area contributed by atoms with E-state index >= 15 is 0 Å². The van der Waals surface area contributed by atoms with Crippen LogP contribution in [0.3, 0.4) is 0 Å². The molecule has 6 heteroatoms. The molecule has 2 aliphatic carbocycles. The van der Waals surface area contributed by atoms with E-state index < -0.39 is 0 Å². The second kappa shape index (κ2) is 6.52. The van der Waals surface area contributed by atoms with Gasteiger partial charge in [0.05, 0.1) is 12.6 Å². The maximum atomic E-state index is 6.01. The van der Waals surface area contributed by atoms with Gasteiger partial charge in [-0.2, -0.15) is 0 Å². The van der Waals surface area contributed by atoms with E-state index in [1.807, 2.05) is 0 Å². The molecule has 21 heavy (non-hydrogen) atoms. The van der Waals surface area contributed by atoms with Crippen molar-refractivity contribution in [3.8, 4) is 0 Å². The van der Waals surface area contributed by atoms with Crippen LogP contribution in [-0.2, 0) is 11.3 Å². The molecule has 0 amide bonds. The minimum absolute atomic E-state index is 0.414. The van der Waals surface area contributed by atoms with Crippen molar-refractivity contribution in [2.45, 2.75) is 62.1 Å². The van der Waals surface area contributed by atoms with Crippen LogP contribution in [0.4, 0.5) is 0 Å². The highest BCUT2D eigenvalue weighted by atomic mass is 32.2. The lowest BCUT2D eigenvalue weighted by Crippen LogP contribution is -2.62. The molecule has 3 rings (SSSR count). The Bertz CT molecular complexity index is 473. The summed E-state index contributed by atoms with van der Waals surface area (Å²) in [7, 11) is 2.24. The summed E-state index contributed by atoms with van der Waals surface area (Å²) >= 11 is 3.40. The first-order chi connectivity index (χ1) is 10.2. The van der Waals surface area contributed by atoms with E-state index in [-0.39, 0.29) is 0 Å². The smallest absolute Gasteiger partial charge is 0.174 e. The molecule has 1 aromatic heterocycles. The first-order valence-corrected chi connectivity index (χ1v) is 9.92. The minimum Gasteiger partial charge on any atom is -0.378 e. The number of thioether (sulfide) groups is 1. The standard InChI is InChI=1S/C15H25N3OS2/c1-4-19-12-9-11(15(12)7-5-6-8-15)18(2)10-13-16-17-14(20-3)21-13/h11-12H,4-10H2,1-3H3/t11-,12-/m0/s1. The highest BCUT2D eigenvalue weighted by Crippen LogP contribution is 2.56. The second-order valence-corrected chi connectivity index (χ2v) is 8.33. The highest BCUT2D eigenvalue weighted by molar-refractivity contribution is 8.00. The fraction of sp³-hybridized carbons (Fsp3) is 0.867. The fourth-order valence-electron chi connectivity index (χ4n) is 4.18. The lowest BCUT2D eigenvalue weighted by Gasteiger charge is -2.57. The van der Waals surface area contributed by atoms with Gasteiger partial charge in [-0.3, -0.25) is 4.90 Å². The number of hydrogen-bond acceptors (Lipinski definition) is 6. The molecule has 0 radical (unpaired) electrons. The molecule has 118 valence electrons. The largest absolute Gasteiger partial charge is 0.378 e. The Morgan fingerprint density at radius 3 is 2.76 bits per heavy atom. The number of nitrogens with zero attached hydrogens (tertiary/aromatic N) is 3. The van der Waals surface area contributed by atoms with E-state index in [4.69, 9.17) is 4.74 Å². The number of hydrogen-bond donors (Lipinski definition) is 0. The van der Waals surface area contributed by atoms with Crippen LogP contribution in [0.25, 0.3) is 0 Å². The summed E-state index contributed by atoms with van der Waals surface area (Å²) in [5.41, 5.74) is 0.414. The van der Waals surface area contributed by atoms with Crippen molar-refractivity contribution in [2.24, 2.45) is 5.41 Å². The molecule has 4 nitrogen and oxygen atoms in total. The van der Waals surface area contributed by atoms with Gasteiger partial charge < -0.3 is 4.74 Å². The summed E-state index contributed by atoms with van der Waals surface area (Å²) < 4.78 is 7.08. The Balaban J connectivity index is 1.65.